The number of nitrogens with zero attached hydrogens (tertiary/aromatic N) is 3. The number of aromatic hydroxyl groups is 1. The first-order valence-corrected chi connectivity index (χ1v) is 13.9. The monoisotopic (exact) mass is 531 g/mol. The molecular formula is C32H38ClN3O2. The molecule has 5 nitrogen and oxygen atoms in total. The third kappa shape index (κ3) is 6.77. The molecule has 0 aliphatic carbocycles. The average Bonchev–Trinajstić information content (AvgIpc) is 3.30. The summed E-state index contributed by atoms with van der Waals surface area (Å²) in [6, 6.07) is 23.9. The Bertz CT molecular complexity index is 1300. The van der Waals surface area contributed by atoms with E-state index >= 15 is 0 Å². The van der Waals surface area contributed by atoms with Crippen LogP contribution < -0.4 is 4.74 Å². The summed E-state index contributed by atoms with van der Waals surface area (Å²) in [5.74, 6) is 2.01. The van der Waals surface area contributed by atoms with Gasteiger partial charge in [-0.15, -0.1) is 0 Å². The molecule has 0 unspecified atom stereocenters. The van der Waals surface area contributed by atoms with Gasteiger partial charge in [-0.2, -0.15) is 0 Å². The van der Waals surface area contributed by atoms with Crippen molar-refractivity contribution >= 4 is 11.6 Å². The van der Waals surface area contributed by atoms with E-state index in [0.29, 0.717) is 11.6 Å². The van der Waals surface area contributed by atoms with Crippen LogP contribution >= 0.6 is 11.6 Å². The number of hydrogen-bond donors (Lipinski definition) is 1. The van der Waals surface area contributed by atoms with E-state index < -0.39 is 0 Å². The molecule has 38 heavy (non-hydrogen) atoms. The molecule has 0 atom stereocenters. The molecule has 1 N–H and O–H groups in total. The number of hydrogen-bond acceptors (Lipinski definition) is 4. The molecule has 0 aliphatic rings. The fourth-order valence-electron chi connectivity index (χ4n) is 4.70. The molecule has 0 bridgehead atoms. The molecule has 0 saturated carbocycles. The Labute approximate surface area is 231 Å². The molecule has 3 aromatic carbocycles. The van der Waals surface area contributed by atoms with Crippen molar-refractivity contribution < 1.29 is 9.84 Å². The zero-order valence-electron chi connectivity index (χ0n) is 22.7. The molecule has 0 radical (unpaired) electrons. The molecular weight excluding hydrogens is 494 g/mol. The zero-order chi connectivity index (χ0) is 26.9. The van der Waals surface area contributed by atoms with Gasteiger partial charge in [-0.25, -0.2) is 4.98 Å². The van der Waals surface area contributed by atoms with E-state index in [1.807, 2.05) is 24.3 Å². The lowest BCUT2D eigenvalue weighted by Crippen LogP contribution is -2.26. The van der Waals surface area contributed by atoms with Gasteiger partial charge in [-0.05, 0) is 61.3 Å². The maximum atomic E-state index is 9.86. The lowest BCUT2D eigenvalue weighted by atomic mass is 10.1. The summed E-state index contributed by atoms with van der Waals surface area (Å²) in [5, 5.41) is 10.4. The Morgan fingerprint density at radius 1 is 0.895 bits per heavy atom. The van der Waals surface area contributed by atoms with Crippen LogP contribution in [0, 0.1) is 0 Å². The minimum absolute atomic E-state index is 0.186. The Morgan fingerprint density at radius 3 is 2.29 bits per heavy atom. The van der Waals surface area contributed by atoms with Gasteiger partial charge in [0, 0.05) is 35.8 Å². The van der Waals surface area contributed by atoms with Crippen molar-refractivity contribution in [2.45, 2.75) is 59.2 Å². The van der Waals surface area contributed by atoms with Crippen LogP contribution in [-0.4, -0.2) is 33.2 Å². The van der Waals surface area contributed by atoms with Crippen molar-refractivity contribution in [1.29, 1.82) is 0 Å². The van der Waals surface area contributed by atoms with Gasteiger partial charge in [0.2, 0.25) is 0 Å². The van der Waals surface area contributed by atoms with E-state index in [-0.39, 0.29) is 5.75 Å². The van der Waals surface area contributed by atoms with E-state index in [4.69, 9.17) is 21.3 Å². The summed E-state index contributed by atoms with van der Waals surface area (Å²) >= 11 is 6.53. The number of ether oxygens (including phenoxy) is 1. The van der Waals surface area contributed by atoms with Crippen molar-refractivity contribution in [3.63, 3.8) is 0 Å². The van der Waals surface area contributed by atoms with Crippen LogP contribution in [0.1, 0.15) is 50.8 Å². The second-order valence-electron chi connectivity index (χ2n) is 9.67. The van der Waals surface area contributed by atoms with Crippen molar-refractivity contribution in [3.8, 4) is 34.1 Å². The molecule has 4 rings (SSSR count). The van der Waals surface area contributed by atoms with E-state index in [9.17, 15) is 5.11 Å². The van der Waals surface area contributed by atoms with E-state index in [0.717, 1.165) is 79.3 Å². The van der Waals surface area contributed by atoms with Crippen molar-refractivity contribution in [2.24, 2.45) is 0 Å². The van der Waals surface area contributed by atoms with Crippen LogP contribution in [0.4, 0.5) is 0 Å². The van der Waals surface area contributed by atoms with Gasteiger partial charge in [0.25, 0.3) is 0 Å². The van der Waals surface area contributed by atoms with E-state index in [1.165, 1.54) is 5.69 Å². The highest BCUT2D eigenvalue weighted by Crippen LogP contribution is 2.33. The third-order valence-corrected chi connectivity index (χ3v) is 7.19. The second kappa shape index (κ2) is 13.5. The number of benzene rings is 3. The molecule has 4 aromatic rings. The largest absolute Gasteiger partial charge is 0.508 e. The molecule has 0 spiro atoms. The predicted molar refractivity (Wildman–Crippen MR) is 157 cm³/mol. The number of phenols is 1. The van der Waals surface area contributed by atoms with E-state index in [2.05, 4.69) is 59.7 Å². The third-order valence-electron chi connectivity index (χ3n) is 6.84. The van der Waals surface area contributed by atoms with Crippen LogP contribution in [0.15, 0.2) is 72.8 Å². The first kappa shape index (κ1) is 27.7. The minimum Gasteiger partial charge on any atom is -0.508 e. The highest BCUT2D eigenvalue weighted by Gasteiger charge is 2.22. The summed E-state index contributed by atoms with van der Waals surface area (Å²) in [5.41, 5.74) is 5.40. The second-order valence-corrected chi connectivity index (χ2v) is 10.1. The average molecular weight is 532 g/mol. The summed E-state index contributed by atoms with van der Waals surface area (Å²) in [6.45, 7) is 7.72. The van der Waals surface area contributed by atoms with Crippen LogP contribution in [-0.2, 0) is 19.6 Å². The number of phenolic OH excluding ortho intramolecular Hbond substituents is 1. The summed E-state index contributed by atoms with van der Waals surface area (Å²) in [4.78, 5) is 7.71. The summed E-state index contributed by atoms with van der Waals surface area (Å²) < 4.78 is 7.83. The Morgan fingerprint density at radius 2 is 1.63 bits per heavy atom. The number of methoxy groups -OCH3 is 1. The van der Waals surface area contributed by atoms with Gasteiger partial charge in [-0.3, -0.25) is 4.90 Å². The fraction of sp³-hybridized carbons (Fsp3) is 0.344. The Hall–Kier alpha value is -3.28. The lowest BCUT2D eigenvalue weighted by molar-refractivity contribution is 0.246. The zero-order valence-corrected chi connectivity index (χ0v) is 23.4. The Balaban J connectivity index is 1.81. The molecule has 0 fully saturated rings. The van der Waals surface area contributed by atoms with E-state index in [1.54, 1.807) is 19.2 Å². The SMILES string of the molecule is CCCCN(Cc1ccc(O)cc1Cl)Cc1c(-c2ccc(OC)cc2)nc(-c2ccccc2)n1CCCC. The van der Waals surface area contributed by atoms with Gasteiger partial charge >= 0.3 is 0 Å². The molecule has 6 heteroatoms. The fourth-order valence-corrected chi connectivity index (χ4v) is 4.94. The highest BCUT2D eigenvalue weighted by molar-refractivity contribution is 6.31. The Kier molecular flexibility index (Phi) is 9.85. The molecule has 1 aromatic heterocycles. The van der Waals surface area contributed by atoms with Gasteiger partial charge in [-0.1, -0.05) is 74.7 Å². The number of unbranched alkanes of at least 4 members (excludes halogenated alkanes) is 2. The minimum atomic E-state index is 0.186. The van der Waals surface area contributed by atoms with Crippen LogP contribution in [0.3, 0.4) is 0 Å². The molecule has 0 amide bonds. The van der Waals surface area contributed by atoms with Crippen molar-refractivity contribution in [3.05, 3.63) is 89.1 Å². The summed E-state index contributed by atoms with van der Waals surface area (Å²) in [6.07, 6.45) is 4.37. The number of imidazole rings is 1. The predicted octanol–water partition coefficient (Wildman–Crippen LogP) is 8.19. The van der Waals surface area contributed by atoms with Crippen LogP contribution in [0.5, 0.6) is 11.5 Å². The van der Waals surface area contributed by atoms with Crippen LogP contribution in [0.2, 0.25) is 5.02 Å². The maximum absolute atomic E-state index is 9.86. The number of rotatable bonds is 13. The smallest absolute Gasteiger partial charge is 0.140 e. The first-order valence-electron chi connectivity index (χ1n) is 13.5. The van der Waals surface area contributed by atoms with Crippen molar-refractivity contribution in [1.82, 2.24) is 14.5 Å². The molecule has 0 aliphatic heterocycles. The summed E-state index contributed by atoms with van der Waals surface area (Å²) in [7, 11) is 1.69. The topological polar surface area (TPSA) is 50.5 Å². The molecule has 1 heterocycles. The van der Waals surface area contributed by atoms with Gasteiger partial charge in [0.15, 0.2) is 0 Å². The standard InChI is InChI=1S/C32H38ClN3O2/c1-4-6-19-35(22-26-13-16-27(37)21-29(26)33)23-30-31(24-14-17-28(38-3)18-15-24)34-32(36(30)20-7-5-2)25-11-9-8-10-12-25/h8-18,21,37H,4-7,19-20,22-23H2,1-3H3. The van der Waals surface area contributed by atoms with Gasteiger partial charge < -0.3 is 14.4 Å². The first-order chi connectivity index (χ1) is 18.5. The van der Waals surface area contributed by atoms with Gasteiger partial charge in [0.1, 0.15) is 17.3 Å². The molecule has 200 valence electrons. The lowest BCUT2D eigenvalue weighted by Gasteiger charge is -2.25. The van der Waals surface area contributed by atoms with Crippen LogP contribution in [0.25, 0.3) is 22.6 Å². The normalized spacial score (nSPS) is 11.3. The number of halogens is 1. The maximum Gasteiger partial charge on any atom is 0.140 e. The quantitative estimate of drug-likeness (QED) is 0.189. The molecule has 0 saturated heterocycles. The highest BCUT2D eigenvalue weighted by atomic mass is 35.5. The number of aromatic nitrogens is 2. The van der Waals surface area contributed by atoms with Gasteiger partial charge in [0.05, 0.1) is 18.5 Å². The van der Waals surface area contributed by atoms with Crippen molar-refractivity contribution in [2.75, 3.05) is 13.7 Å².